The van der Waals surface area contributed by atoms with Crippen molar-refractivity contribution in [2.24, 2.45) is 5.92 Å². The number of hydrogen-bond acceptors (Lipinski definition) is 5. The van der Waals surface area contributed by atoms with Gasteiger partial charge in [-0.05, 0) is 12.5 Å². The Morgan fingerprint density at radius 2 is 2.40 bits per heavy atom. The van der Waals surface area contributed by atoms with Gasteiger partial charge in [-0.1, -0.05) is 25.4 Å². The topological polar surface area (TPSA) is 68.5 Å². The normalized spacial score (nSPS) is 36.8. The number of fused-ring (bicyclic) bond motifs is 2. The van der Waals surface area contributed by atoms with Crippen LogP contribution in [0.5, 0.6) is 0 Å². The fourth-order valence-electron chi connectivity index (χ4n) is 2.78. The lowest BCUT2D eigenvalue weighted by Gasteiger charge is -2.39. The molecule has 20 heavy (non-hydrogen) atoms. The first-order valence-electron chi connectivity index (χ1n) is 6.94. The van der Waals surface area contributed by atoms with Crippen LogP contribution < -0.4 is 5.32 Å². The number of aromatic nitrogens is 2. The SMILES string of the molecule is CC(C)CN[C@H]1[C@H](O)[C@@H](n2cc(Cl)cn2)[C@@H]2OC[C@H]1O2. The molecule has 6 nitrogen and oxygen atoms in total. The van der Waals surface area contributed by atoms with Gasteiger partial charge in [0, 0.05) is 6.20 Å². The van der Waals surface area contributed by atoms with Crippen LogP contribution in [0.25, 0.3) is 0 Å². The van der Waals surface area contributed by atoms with Crippen LogP contribution in [0.4, 0.5) is 0 Å². The lowest BCUT2D eigenvalue weighted by Crippen LogP contribution is -2.58. The van der Waals surface area contributed by atoms with E-state index in [9.17, 15) is 5.11 Å². The van der Waals surface area contributed by atoms with Crippen LogP contribution in [0.15, 0.2) is 12.4 Å². The van der Waals surface area contributed by atoms with Crippen LogP contribution in [-0.4, -0.2) is 52.6 Å². The van der Waals surface area contributed by atoms with Gasteiger partial charge in [-0.15, -0.1) is 0 Å². The Morgan fingerprint density at radius 1 is 1.60 bits per heavy atom. The van der Waals surface area contributed by atoms with Crippen molar-refractivity contribution in [2.75, 3.05) is 13.2 Å². The molecule has 2 saturated heterocycles. The Balaban J connectivity index is 1.80. The summed E-state index contributed by atoms with van der Waals surface area (Å²) in [7, 11) is 0. The molecule has 5 atom stereocenters. The summed E-state index contributed by atoms with van der Waals surface area (Å²) in [6, 6.07) is -0.546. The maximum Gasteiger partial charge on any atom is 0.183 e. The Hall–Kier alpha value is -0.660. The molecule has 1 aromatic rings. The standard InChI is InChI=1S/C13H20ClN3O3/c1-7(2)3-15-10-9-6-19-13(20-9)11(12(10)18)17-5-8(14)4-16-17/h4-5,7,9-13,15,18H,3,6H2,1-2H3/t9-,10-,11-,12+,13-/m1/s1. The molecule has 3 rings (SSSR count). The van der Waals surface area contributed by atoms with Crippen LogP contribution in [0.1, 0.15) is 19.9 Å². The molecule has 0 saturated carbocycles. The van der Waals surface area contributed by atoms with Crippen molar-refractivity contribution < 1.29 is 14.6 Å². The summed E-state index contributed by atoms with van der Waals surface area (Å²) in [6.45, 7) is 5.56. The molecular weight excluding hydrogens is 282 g/mol. The van der Waals surface area contributed by atoms with E-state index in [2.05, 4.69) is 24.3 Å². The number of nitrogens with zero attached hydrogens (tertiary/aromatic N) is 2. The molecule has 0 amide bonds. The predicted molar refractivity (Wildman–Crippen MR) is 73.5 cm³/mol. The zero-order valence-corrected chi connectivity index (χ0v) is 12.3. The van der Waals surface area contributed by atoms with Crippen molar-refractivity contribution >= 4 is 11.6 Å². The van der Waals surface area contributed by atoms with Crippen molar-refractivity contribution in [2.45, 2.75) is 44.4 Å². The maximum atomic E-state index is 10.7. The molecule has 1 aromatic heterocycles. The van der Waals surface area contributed by atoms with Gasteiger partial charge in [-0.25, -0.2) is 0 Å². The third-order valence-electron chi connectivity index (χ3n) is 3.77. The number of hydrogen-bond donors (Lipinski definition) is 2. The third-order valence-corrected chi connectivity index (χ3v) is 3.96. The number of aliphatic hydroxyl groups is 1. The van der Waals surface area contributed by atoms with Gasteiger partial charge in [0.1, 0.15) is 12.1 Å². The predicted octanol–water partition coefficient (Wildman–Crippen LogP) is 0.808. The average molecular weight is 302 g/mol. The van der Waals surface area contributed by atoms with Crippen molar-refractivity contribution in [1.29, 1.82) is 0 Å². The molecule has 0 radical (unpaired) electrons. The number of nitrogens with one attached hydrogen (secondary N) is 1. The van der Waals surface area contributed by atoms with E-state index in [1.54, 1.807) is 17.1 Å². The fraction of sp³-hybridized carbons (Fsp3) is 0.769. The molecule has 112 valence electrons. The Morgan fingerprint density at radius 3 is 3.05 bits per heavy atom. The smallest absolute Gasteiger partial charge is 0.183 e. The molecule has 2 N–H and O–H groups in total. The van der Waals surface area contributed by atoms with Gasteiger partial charge in [0.25, 0.3) is 0 Å². The third kappa shape index (κ3) is 2.58. The van der Waals surface area contributed by atoms with E-state index >= 15 is 0 Å². The minimum Gasteiger partial charge on any atom is -0.389 e. The first-order valence-corrected chi connectivity index (χ1v) is 7.32. The van der Waals surface area contributed by atoms with Crippen LogP contribution in [0, 0.1) is 5.92 Å². The summed E-state index contributed by atoms with van der Waals surface area (Å²) < 4.78 is 13.1. The van der Waals surface area contributed by atoms with E-state index in [0.717, 1.165) is 6.54 Å². The zero-order valence-electron chi connectivity index (χ0n) is 11.6. The number of ether oxygens (including phenoxy) is 2. The number of halogens is 1. The van der Waals surface area contributed by atoms with E-state index in [1.165, 1.54) is 0 Å². The summed E-state index contributed by atoms with van der Waals surface area (Å²) in [4.78, 5) is 0. The molecular formula is C13H20ClN3O3. The molecule has 2 bridgehead atoms. The van der Waals surface area contributed by atoms with Gasteiger partial charge in [0.05, 0.1) is 30.0 Å². The molecule has 2 aliphatic rings. The summed E-state index contributed by atoms with van der Waals surface area (Å²) in [5.74, 6) is 0.500. The summed E-state index contributed by atoms with van der Waals surface area (Å²) in [5.41, 5.74) is 0. The quantitative estimate of drug-likeness (QED) is 0.861. The van der Waals surface area contributed by atoms with E-state index in [-0.39, 0.29) is 18.2 Å². The van der Waals surface area contributed by atoms with Crippen LogP contribution in [0.2, 0.25) is 5.02 Å². The maximum absolute atomic E-state index is 10.7. The molecule has 2 fully saturated rings. The first-order chi connectivity index (χ1) is 9.56. The van der Waals surface area contributed by atoms with E-state index in [0.29, 0.717) is 17.5 Å². The highest BCUT2D eigenvalue weighted by Gasteiger charge is 2.51. The van der Waals surface area contributed by atoms with Crippen molar-refractivity contribution in [3.8, 4) is 0 Å². The highest BCUT2D eigenvalue weighted by Crippen LogP contribution is 2.35. The molecule has 0 spiro atoms. The molecule has 3 heterocycles. The van der Waals surface area contributed by atoms with Gasteiger partial charge in [0.15, 0.2) is 6.29 Å². The van der Waals surface area contributed by atoms with Gasteiger partial charge in [0.2, 0.25) is 0 Å². The number of rotatable bonds is 4. The number of aliphatic hydroxyl groups excluding tert-OH is 1. The van der Waals surface area contributed by atoms with Gasteiger partial charge >= 0.3 is 0 Å². The van der Waals surface area contributed by atoms with E-state index in [1.807, 2.05) is 0 Å². The lowest BCUT2D eigenvalue weighted by atomic mass is 9.95. The van der Waals surface area contributed by atoms with Gasteiger partial charge < -0.3 is 19.9 Å². The fourth-order valence-corrected chi connectivity index (χ4v) is 2.93. The van der Waals surface area contributed by atoms with Crippen LogP contribution in [0.3, 0.4) is 0 Å². The lowest BCUT2D eigenvalue weighted by molar-refractivity contribution is -0.168. The highest BCUT2D eigenvalue weighted by atomic mass is 35.5. The Labute approximate surface area is 123 Å². The molecule has 0 unspecified atom stereocenters. The monoisotopic (exact) mass is 301 g/mol. The second-order valence-electron chi connectivity index (χ2n) is 5.82. The minimum atomic E-state index is -0.629. The van der Waals surface area contributed by atoms with Crippen LogP contribution >= 0.6 is 11.6 Å². The van der Waals surface area contributed by atoms with Crippen molar-refractivity contribution in [1.82, 2.24) is 15.1 Å². The molecule has 0 aromatic carbocycles. The van der Waals surface area contributed by atoms with Gasteiger partial charge in [-0.2, -0.15) is 5.10 Å². The average Bonchev–Trinajstić information content (AvgIpc) is 2.98. The zero-order chi connectivity index (χ0) is 14.3. The Kier molecular flexibility index (Phi) is 4.01. The van der Waals surface area contributed by atoms with Crippen molar-refractivity contribution in [3.05, 3.63) is 17.4 Å². The van der Waals surface area contributed by atoms with Gasteiger partial charge in [-0.3, -0.25) is 4.68 Å². The minimum absolute atomic E-state index is 0.115. The largest absolute Gasteiger partial charge is 0.389 e. The van der Waals surface area contributed by atoms with E-state index in [4.69, 9.17) is 21.1 Å². The molecule has 7 heteroatoms. The summed E-state index contributed by atoms with van der Waals surface area (Å²) in [6.07, 6.45) is 2.02. The second-order valence-corrected chi connectivity index (χ2v) is 6.26. The van der Waals surface area contributed by atoms with E-state index < -0.39 is 12.4 Å². The molecule has 0 aliphatic carbocycles. The Bertz CT molecular complexity index is 467. The molecule has 2 aliphatic heterocycles. The summed E-state index contributed by atoms with van der Waals surface area (Å²) >= 11 is 5.91. The summed E-state index contributed by atoms with van der Waals surface area (Å²) in [5, 5.41) is 18.7. The van der Waals surface area contributed by atoms with Crippen LogP contribution in [-0.2, 0) is 9.47 Å². The highest BCUT2D eigenvalue weighted by molar-refractivity contribution is 6.30. The van der Waals surface area contributed by atoms with Crippen molar-refractivity contribution in [3.63, 3.8) is 0 Å². The second kappa shape index (κ2) is 5.61. The first kappa shape index (κ1) is 14.3.